The van der Waals surface area contributed by atoms with Gasteiger partial charge in [-0.25, -0.2) is 13.1 Å². The lowest BCUT2D eigenvalue weighted by molar-refractivity contribution is 0.115. The molecule has 5 heteroatoms. The molecule has 4 nitrogen and oxygen atoms in total. The van der Waals surface area contributed by atoms with Crippen LogP contribution in [0.4, 0.5) is 0 Å². The van der Waals surface area contributed by atoms with Gasteiger partial charge in [0.15, 0.2) is 0 Å². The minimum atomic E-state index is -3.44. The Morgan fingerprint density at radius 2 is 1.58 bits per heavy atom. The number of hydrogen-bond acceptors (Lipinski definition) is 3. The molecule has 2 fully saturated rings. The van der Waals surface area contributed by atoms with Crippen LogP contribution in [0, 0.1) is 6.92 Å². The van der Waals surface area contributed by atoms with Crippen LogP contribution < -0.4 is 4.72 Å². The highest BCUT2D eigenvalue weighted by Gasteiger charge is 2.41. The molecule has 0 amide bonds. The Balaban J connectivity index is 1.43. The van der Waals surface area contributed by atoms with Crippen LogP contribution in [0.25, 0.3) is 0 Å². The Kier molecular flexibility index (Phi) is 4.86. The van der Waals surface area contributed by atoms with Gasteiger partial charge in [-0.3, -0.25) is 4.90 Å². The van der Waals surface area contributed by atoms with E-state index in [2.05, 4.69) is 33.9 Å². The zero-order valence-corrected chi connectivity index (χ0v) is 16.0. The fourth-order valence-corrected chi connectivity index (χ4v) is 5.69. The molecule has 2 bridgehead atoms. The zero-order chi connectivity index (χ0) is 18.1. The Morgan fingerprint density at radius 3 is 2.19 bits per heavy atom. The van der Waals surface area contributed by atoms with Crippen molar-refractivity contribution in [1.82, 2.24) is 9.62 Å². The van der Waals surface area contributed by atoms with Gasteiger partial charge in [-0.1, -0.05) is 48.0 Å². The van der Waals surface area contributed by atoms with E-state index < -0.39 is 10.0 Å². The van der Waals surface area contributed by atoms with Crippen LogP contribution in [0.1, 0.15) is 36.8 Å². The summed E-state index contributed by atoms with van der Waals surface area (Å²) in [6.07, 6.45) is 4.13. The topological polar surface area (TPSA) is 49.4 Å². The molecule has 0 aromatic heterocycles. The second-order valence-corrected chi connectivity index (χ2v) is 9.36. The third kappa shape index (κ3) is 3.70. The maximum absolute atomic E-state index is 12.7. The highest BCUT2D eigenvalue weighted by Crippen LogP contribution is 2.37. The molecule has 0 radical (unpaired) electrons. The van der Waals surface area contributed by atoms with Crippen LogP contribution in [0.15, 0.2) is 59.5 Å². The van der Waals surface area contributed by atoms with Crippen molar-refractivity contribution in [2.24, 2.45) is 0 Å². The summed E-state index contributed by atoms with van der Waals surface area (Å²) in [5, 5.41) is 0. The Morgan fingerprint density at radius 1 is 0.962 bits per heavy atom. The summed E-state index contributed by atoms with van der Waals surface area (Å²) in [5.41, 5.74) is 2.40. The lowest BCUT2D eigenvalue weighted by Gasteiger charge is -2.39. The van der Waals surface area contributed by atoms with Gasteiger partial charge in [0.2, 0.25) is 10.0 Å². The summed E-state index contributed by atoms with van der Waals surface area (Å²) in [4.78, 5) is 2.94. The molecule has 26 heavy (non-hydrogen) atoms. The maximum Gasteiger partial charge on any atom is 0.240 e. The van der Waals surface area contributed by atoms with Gasteiger partial charge in [-0.2, -0.15) is 0 Å². The second kappa shape index (κ2) is 7.14. The van der Waals surface area contributed by atoms with E-state index in [0.717, 1.165) is 24.9 Å². The van der Waals surface area contributed by atoms with Gasteiger partial charge < -0.3 is 0 Å². The molecule has 4 rings (SSSR count). The van der Waals surface area contributed by atoms with E-state index in [0.29, 0.717) is 17.0 Å². The third-order valence-electron chi connectivity index (χ3n) is 5.75. The van der Waals surface area contributed by atoms with E-state index >= 15 is 0 Å². The number of piperidine rings is 1. The lowest BCUT2D eigenvalue weighted by Crippen LogP contribution is -2.49. The van der Waals surface area contributed by atoms with Gasteiger partial charge in [-0.15, -0.1) is 0 Å². The number of fused-ring (bicyclic) bond motifs is 2. The fourth-order valence-electron chi connectivity index (χ4n) is 4.43. The molecule has 138 valence electrons. The minimum absolute atomic E-state index is 0.0332. The fraction of sp³-hybridized carbons (Fsp3) is 0.429. The molecule has 2 aromatic carbocycles. The van der Waals surface area contributed by atoms with Gasteiger partial charge in [0.1, 0.15) is 0 Å². The average molecular weight is 371 g/mol. The largest absolute Gasteiger partial charge is 0.293 e. The van der Waals surface area contributed by atoms with Crippen LogP contribution in [-0.4, -0.2) is 31.4 Å². The lowest BCUT2D eigenvalue weighted by atomic mass is 9.97. The molecule has 2 saturated heterocycles. The first-order valence-electron chi connectivity index (χ1n) is 9.40. The van der Waals surface area contributed by atoms with Gasteiger partial charge in [0.05, 0.1) is 4.90 Å². The van der Waals surface area contributed by atoms with Crippen LogP contribution >= 0.6 is 0 Å². The Labute approximate surface area is 156 Å². The van der Waals surface area contributed by atoms with Crippen molar-refractivity contribution in [3.63, 3.8) is 0 Å². The summed E-state index contributed by atoms with van der Waals surface area (Å²) < 4.78 is 28.3. The molecule has 1 N–H and O–H groups in total. The molecule has 2 aliphatic rings. The molecular weight excluding hydrogens is 344 g/mol. The van der Waals surface area contributed by atoms with Crippen molar-refractivity contribution in [1.29, 1.82) is 0 Å². The summed E-state index contributed by atoms with van der Waals surface area (Å²) in [6, 6.07) is 18.6. The third-order valence-corrected chi connectivity index (χ3v) is 7.28. The Bertz CT molecular complexity index is 835. The van der Waals surface area contributed by atoms with Crippen molar-refractivity contribution in [2.75, 3.05) is 0 Å². The predicted octanol–water partition coefficient (Wildman–Crippen LogP) is 3.47. The van der Waals surface area contributed by atoms with Gasteiger partial charge in [0.25, 0.3) is 0 Å². The monoisotopic (exact) mass is 370 g/mol. The summed E-state index contributed by atoms with van der Waals surface area (Å²) in [6.45, 7) is 2.93. The minimum Gasteiger partial charge on any atom is -0.293 e. The van der Waals surface area contributed by atoms with E-state index in [9.17, 15) is 8.42 Å². The molecule has 2 unspecified atom stereocenters. The molecule has 0 saturated carbocycles. The van der Waals surface area contributed by atoms with Gasteiger partial charge in [-0.05, 0) is 50.3 Å². The molecule has 0 spiro atoms. The normalized spacial score (nSPS) is 26.1. The Hall–Kier alpha value is -1.69. The van der Waals surface area contributed by atoms with Crippen LogP contribution in [0.5, 0.6) is 0 Å². The number of aryl methyl sites for hydroxylation is 1. The SMILES string of the molecule is Cc1ccc(S(=O)(=O)NC2CC3CCC(C2)N3Cc2ccccc2)cc1. The number of sulfonamides is 1. The van der Waals surface area contributed by atoms with Crippen LogP contribution in [-0.2, 0) is 16.6 Å². The first kappa shape index (κ1) is 17.7. The quantitative estimate of drug-likeness (QED) is 0.877. The number of nitrogens with zero attached hydrogens (tertiary/aromatic N) is 1. The van der Waals surface area contributed by atoms with Gasteiger partial charge >= 0.3 is 0 Å². The number of rotatable bonds is 5. The highest BCUT2D eigenvalue weighted by atomic mass is 32.2. The zero-order valence-electron chi connectivity index (χ0n) is 15.1. The van der Waals surface area contributed by atoms with Crippen LogP contribution in [0.2, 0.25) is 0 Å². The van der Waals surface area contributed by atoms with Crippen LogP contribution in [0.3, 0.4) is 0 Å². The number of nitrogens with one attached hydrogen (secondary N) is 1. The van der Waals surface area contributed by atoms with Crippen molar-refractivity contribution in [2.45, 2.75) is 62.2 Å². The van der Waals surface area contributed by atoms with E-state index in [-0.39, 0.29) is 6.04 Å². The standard InChI is InChI=1S/C21H26N2O2S/c1-16-7-11-21(12-8-16)26(24,25)22-18-13-19-9-10-20(14-18)23(19)15-17-5-3-2-4-6-17/h2-8,11-12,18-20,22H,9-10,13-15H2,1H3. The summed E-state index contributed by atoms with van der Waals surface area (Å²) in [5.74, 6) is 0. The number of benzene rings is 2. The van der Waals surface area contributed by atoms with Gasteiger partial charge in [0, 0.05) is 24.7 Å². The van der Waals surface area contributed by atoms with E-state index in [1.165, 1.54) is 18.4 Å². The summed E-state index contributed by atoms with van der Waals surface area (Å²) >= 11 is 0. The van der Waals surface area contributed by atoms with Crippen molar-refractivity contribution in [3.8, 4) is 0 Å². The van der Waals surface area contributed by atoms with Crippen molar-refractivity contribution >= 4 is 10.0 Å². The predicted molar refractivity (Wildman–Crippen MR) is 103 cm³/mol. The molecule has 2 aromatic rings. The molecule has 2 aliphatic heterocycles. The van der Waals surface area contributed by atoms with E-state index in [4.69, 9.17) is 0 Å². The second-order valence-electron chi connectivity index (χ2n) is 7.65. The van der Waals surface area contributed by atoms with Crippen molar-refractivity contribution in [3.05, 3.63) is 65.7 Å². The first-order valence-corrected chi connectivity index (χ1v) is 10.9. The molecule has 2 heterocycles. The maximum atomic E-state index is 12.7. The van der Waals surface area contributed by atoms with E-state index in [1.807, 2.05) is 25.1 Å². The first-order chi connectivity index (χ1) is 12.5. The highest BCUT2D eigenvalue weighted by molar-refractivity contribution is 7.89. The van der Waals surface area contributed by atoms with Crippen molar-refractivity contribution < 1.29 is 8.42 Å². The smallest absolute Gasteiger partial charge is 0.240 e. The number of hydrogen-bond donors (Lipinski definition) is 1. The van der Waals surface area contributed by atoms with E-state index in [1.54, 1.807) is 12.1 Å². The molecular formula is C21H26N2O2S. The molecule has 0 aliphatic carbocycles. The summed E-state index contributed by atoms with van der Waals surface area (Å²) in [7, 11) is -3.44. The average Bonchev–Trinajstić information content (AvgIpc) is 2.85. The molecule has 2 atom stereocenters.